The molecule has 0 unspecified atom stereocenters. The zero-order chi connectivity index (χ0) is 19.8. The fourth-order valence-corrected chi connectivity index (χ4v) is 3.26. The van der Waals surface area contributed by atoms with E-state index in [-0.39, 0.29) is 16.8 Å². The van der Waals surface area contributed by atoms with Crippen LogP contribution in [0.15, 0.2) is 39.6 Å². The van der Waals surface area contributed by atoms with Gasteiger partial charge in [0, 0.05) is 26.7 Å². The van der Waals surface area contributed by atoms with Crippen LogP contribution in [-0.2, 0) is 17.1 Å². The molecular formula is C16H18N6O4S. The average Bonchev–Trinajstić information content (AvgIpc) is 3.21. The summed E-state index contributed by atoms with van der Waals surface area (Å²) < 4.78 is 32.2. The molecular weight excluding hydrogens is 372 g/mol. The Kier molecular flexibility index (Phi) is 4.81. The maximum absolute atomic E-state index is 12.2. The summed E-state index contributed by atoms with van der Waals surface area (Å²) in [6, 6.07) is 7.58. The van der Waals surface area contributed by atoms with Gasteiger partial charge in [-0.1, -0.05) is 5.10 Å². The fourth-order valence-electron chi connectivity index (χ4n) is 2.35. The Morgan fingerprint density at radius 3 is 2.41 bits per heavy atom. The van der Waals surface area contributed by atoms with Crippen molar-refractivity contribution in [2.75, 3.05) is 19.4 Å². The van der Waals surface area contributed by atoms with Gasteiger partial charge in [0.1, 0.15) is 5.69 Å². The van der Waals surface area contributed by atoms with Crippen LogP contribution < -0.4 is 5.32 Å². The quantitative estimate of drug-likeness (QED) is 0.696. The standard InChI is InChI=1S/C16H18N6O4S/c1-10-9-13(22(4)20-10)14(23)17-16-19-18-15(26-16)11-5-7-12(8-6-11)27(24,25)21(2)3/h5-9H,1-4H3,(H,17,19,23). The molecule has 3 rings (SSSR count). The van der Waals surface area contributed by atoms with Gasteiger partial charge < -0.3 is 4.42 Å². The number of nitrogens with one attached hydrogen (secondary N) is 1. The summed E-state index contributed by atoms with van der Waals surface area (Å²) in [5, 5.41) is 14.3. The second kappa shape index (κ2) is 6.93. The lowest BCUT2D eigenvalue weighted by atomic mass is 10.2. The summed E-state index contributed by atoms with van der Waals surface area (Å²) in [7, 11) is 1.06. The van der Waals surface area contributed by atoms with E-state index in [1.165, 1.54) is 30.9 Å². The number of carbonyl (C=O) groups is 1. The van der Waals surface area contributed by atoms with E-state index >= 15 is 0 Å². The Labute approximate surface area is 155 Å². The third-order valence-corrected chi connectivity index (χ3v) is 5.59. The van der Waals surface area contributed by atoms with E-state index < -0.39 is 15.9 Å². The summed E-state index contributed by atoms with van der Waals surface area (Å²) in [4.78, 5) is 12.4. The Balaban J connectivity index is 1.78. The van der Waals surface area contributed by atoms with Crippen LogP contribution in [0.25, 0.3) is 11.5 Å². The van der Waals surface area contributed by atoms with E-state index in [4.69, 9.17) is 4.42 Å². The lowest BCUT2D eigenvalue weighted by molar-refractivity contribution is 0.101. The van der Waals surface area contributed by atoms with Crippen molar-refractivity contribution in [1.29, 1.82) is 0 Å². The Morgan fingerprint density at radius 1 is 1.19 bits per heavy atom. The minimum atomic E-state index is -3.52. The van der Waals surface area contributed by atoms with Crippen LogP contribution >= 0.6 is 0 Å². The monoisotopic (exact) mass is 390 g/mol. The highest BCUT2D eigenvalue weighted by Crippen LogP contribution is 2.23. The molecule has 0 spiro atoms. The summed E-state index contributed by atoms with van der Waals surface area (Å²) in [5.74, 6) is -0.277. The Hall–Kier alpha value is -3.05. The van der Waals surface area contributed by atoms with E-state index in [0.717, 1.165) is 4.31 Å². The molecule has 2 heterocycles. The first-order valence-corrected chi connectivity index (χ1v) is 9.31. The summed E-state index contributed by atoms with van der Waals surface area (Å²) in [6.45, 7) is 1.78. The minimum absolute atomic E-state index is 0.0705. The third-order valence-electron chi connectivity index (χ3n) is 3.76. The van der Waals surface area contributed by atoms with Gasteiger partial charge in [0.05, 0.1) is 10.6 Å². The highest BCUT2D eigenvalue weighted by Gasteiger charge is 2.19. The van der Waals surface area contributed by atoms with Crippen molar-refractivity contribution in [3.05, 3.63) is 41.7 Å². The average molecular weight is 390 g/mol. The van der Waals surface area contributed by atoms with Crippen molar-refractivity contribution in [3.63, 3.8) is 0 Å². The molecule has 0 aliphatic rings. The van der Waals surface area contributed by atoms with Crippen molar-refractivity contribution in [3.8, 4) is 11.5 Å². The largest absolute Gasteiger partial charge is 0.403 e. The lowest BCUT2D eigenvalue weighted by Gasteiger charge is -2.11. The van der Waals surface area contributed by atoms with E-state index in [2.05, 4.69) is 20.6 Å². The van der Waals surface area contributed by atoms with Gasteiger partial charge in [0.15, 0.2) is 0 Å². The molecule has 27 heavy (non-hydrogen) atoms. The molecule has 0 atom stereocenters. The first-order valence-electron chi connectivity index (χ1n) is 7.87. The number of aromatic nitrogens is 4. The number of nitrogens with zero attached hydrogens (tertiary/aromatic N) is 5. The van der Waals surface area contributed by atoms with Crippen molar-refractivity contribution in [2.24, 2.45) is 7.05 Å². The van der Waals surface area contributed by atoms with Crippen LogP contribution in [-0.4, -0.2) is 52.7 Å². The molecule has 1 amide bonds. The Bertz CT molecular complexity index is 1080. The molecule has 0 saturated heterocycles. The van der Waals surface area contributed by atoms with Crippen LogP contribution in [0, 0.1) is 6.92 Å². The highest BCUT2D eigenvalue weighted by molar-refractivity contribution is 7.89. The van der Waals surface area contributed by atoms with E-state index in [9.17, 15) is 13.2 Å². The summed E-state index contributed by atoms with van der Waals surface area (Å²) in [6.07, 6.45) is 0. The number of sulfonamides is 1. The number of amides is 1. The van der Waals surface area contributed by atoms with Gasteiger partial charge >= 0.3 is 6.01 Å². The number of anilines is 1. The number of hydrogen-bond acceptors (Lipinski definition) is 7. The van der Waals surface area contributed by atoms with Gasteiger partial charge in [-0.2, -0.15) is 5.10 Å². The zero-order valence-corrected chi connectivity index (χ0v) is 16.0. The van der Waals surface area contributed by atoms with Crippen LogP contribution in [0.2, 0.25) is 0 Å². The van der Waals surface area contributed by atoms with E-state index in [0.29, 0.717) is 17.0 Å². The molecule has 0 saturated carbocycles. The van der Waals surface area contributed by atoms with Crippen LogP contribution in [0.3, 0.4) is 0 Å². The van der Waals surface area contributed by atoms with Crippen LogP contribution in [0.1, 0.15) is 16.2 Å². The van der Waals surface area contributed by atoms with Crippen LogP contribution in [0.5, 0.6) is 0 Å². The second-order valence-electron chi connectivity index (χ2n) is 5.97. The molecule has 0 aliphatic carbocycles. The van der Waals surface area contributed by atoms with Crippen LogP contribution in [0.4, 0.5) is 6.01 Å². The number of aryl methyl sites for hydroxylation is 2. The number of carbonyl (C=O) groups excluding carboxylic acids is 1. The molecule has 2 aromatic heterocycles. The fraction of sp³-hybridized carbons (Fsp3) is 0.250. The number of rotatable bonds is 5. The third kappa shape index (κ3) is 3.73. The van der Waals surface area contributed by atoms with Crippen molar-refractivity contribution in [1.82, 2.24) is 24.3 Å². The zero-order valence-electron chi connectivity index (χ0n) is 15.2. The van der Waals surface area contributed by atoms with Gasteiger partial charge in [-0.3, -0.25) is 14.8 Å². The van der Waals surface area contributed by atoms with Crippen molar-refractivity contribution in [2.45, 2.75) is 11.8 Å². The predicted molar refractivity (Wildman–Crippen MR) is 96.5 cm³/mol. The first-order chi connectivity index (χ1) is 12.7. The van der Waals surface area contributed by atoms with E-state index in [1.54, 1.807) is 32.2 Å². The highest BCUT2D eigenvalue weighted by atomic mass is 32.2. The predicted octanol–water partition coefficient (Wildman–Crippen LogP) is 1.28. The summed E-state index contributed by atoms with van der Waals surface area (Å²) in [5.41, 5.74) is 1.59. The number of benzene rings is 1. The first kappa shape index (κ1) is 18.7. The molecule has 0 fully saturated rings. The lowest BCUT2D eigenvalue weighted by Crippen LogP contribution is -2.22. The molecule has 0 radical (unpaired) electrons. The maximum atomic E-state index is 12.2. The van der Waals surface area contributed by atoms with Gasteiger partial charge in [0.2, 0.25) is 15.9 Å². The SMILES string of the molecule is Cc1cc(C(=O)Nc2nnc(-c3ccc(S(=O)(=O)N(C)C)cc3)o2)n(C)n1. The number of hydrogen-bond donors (Lipinski definition) is 1. The normalized spacial score (nSPS) is 11.7. The molecule has 10 nitrogen and oxygen atoms in total. The molecule has 142 valence electrons. The molecule has 0 bridgehead atoms. The molecule has 0 aliphatic heterocycles. The van der Waals surface area contributed by atoms with Crippen molar-refractivity contribution >= 4 is 21.9 Å². The smallest absolute Gasteiger partial charge is 0.322 e. The molecule has 1 aromatic carbocycles. The summed E-state index contributed by atoms with van der Waals surface area (Å²) >= 11 is 0. The van der Waals surface area contributed by atoms with Gasteiger partial charge in [-0.15, -0.1) is 5.10 Å². The van der Waals surface area contributed by atoms with Crippen molar-refractivity contribution < 1.29 is 17.6 Å². The van der Waals surface area contributed by atoms with E-state index in [1.807, 2.05) is 0 Å². The Morgan fingerprint density at radius 2 is 1.85 bits per heavy atom. The molecule has 11 heteroatoms. The maximum Gasteiger partial charge on any atom is 0.322 e. The second-order valence-corrected chi connectivity index (χ2v) is 8.12. The topological polar surface area (TPSA) is 123 Å². The van der Waals surface area contributed by atoms with Gasteiger partial charge in [-0.05, 0) is 37.3 Å². The van der Waals surface area contributed by atoms with Gasteiger partial charge in [-0.25, -0.2) is 12.7 Å². The molecule has 1 N–H and O–H groups in total. The minimum Gasteiger partial charge on any atom is -0.403 e. The van der Waals surface area contributed by atoms with Gasteiger partial charge in [0.25, 0.3) is 5.91 Å². The molecule has 3 aromatic rings.